The molecule has 1 aromatic rings. The van der Waals surface area contributed by atoms with E-state index in [9.17, 15) is 9.18 Å². The number of carbonyl (C=O) groups is 1. The van der Waals surface area contributed by atoms with E-state index in [1.54, 1.807) is 12.1 Å². The molecule has 0 saturated heterocycles. The molecule has 5 heteroatoms. The molecule has 0 unspecified atom stereocenters. The Bertz CT molecular complexity index is 479. The number of halogens is 1. The van der Waals surface area contributed by atoms with E-state index >= 15 is 0 Å². The monoisotopic (exact) mass is 307 g/mol. The number of carbonyl (C=O) groups excluding carboxylic acids is 1. The summed E-state index contributed by atoms with van der Waals surface area (Å²) in [6, 6.07) is 5.55. The number of rotatable bonds is 4. The maximum Gasteiger partial charge on any atom is 0.319 e. The predicted molar refractivity (Wildman–Crippen MR) is 87.5 cm³/mol. The lowest BCUT2D eigenvalue weighted by molar-refractivity contribution is 0.129. The van der Waals surface area contributed by atoms with Gasteiger partial charge in [-0.25, -0.2) is 9.18 Å². The largest absolute Gasteiger partial charge is 0.336 e. The average Bonchev–Trinajstić information content (AvgIpc) is 2.74. The highest BCUT2D eigenvalue weighted by Gasteiger charge is 2.33. The molecule has 0 bridgehead atoms. The van der Waals surface area contributed by atoms with Gasteiger partial charge in [0.25, 0.3) is 0 Å². The van der Waals surface area contributed by atoms with Crippen LogP contribution >= 0.6 is 0 Å². The van der Waals surface area contributed by atoms with Crippen LogP contribution in [-0.4, -0.2) is 37.1 Å². The normalized spacial score (nSPS) is 17.8. The maximum absolute atomic E-state index is 12.9. The van der Waals surface area contributed by atoms with Crippen molar-refractivity contribution in [1.82, 2.24) is 10.2 Å². The highest BCUT2D eigenvalue weighted by molar-refractivity contribution is 5.89. The van der Waals surface area contributed by atoms with Gasteiger partial charge < -0.3 is 15.5 Å². The third-order valence-electron chi connectivity index (χ3n) is 4.66. The van der Waals surface area contributed by atoms with Gasteiger partial charge in [-0.05, 0) is 51.2 Å². The lowest BCUT2D eigenvalue weighted by Crippen LogP contribution is -2.53. The molecule has 1 aromatic carbocycles. The summed E-state index contributed by atoms with van der Waals surface area (Å²) in [5, 5.41) is 5.73. The zero-order chi connectivity index (χ0) is 16.0. The fraction of sp³-hybridized carbons (Fsp3) is 0.588. The van der Waals surface area contributed by atoms with Crippen LogP contribution in [0.25, 0.3) is 0 Å². The van der Waals surface area contributed by atoms with Gasteiger partial charge >= 0.3 is 6.03 Å². The van der Waals surface area contributed by atoms with Crippen LogP contribution in [0.2, 0.25) is 0 Å². The minimum absolute atomic E-state index is 0.0383. The molecule has 2 rings (SSSR count). The van der Waals surface area contributed by atoms with Crippen molar-refractivity contribution in [1.29, 1.82) is 0 Å². The van der Waals surface area contributed by atoms with Gasteiger partial charge in [-0.15, -0.1) is 0 Å². The zero-order valence-corrected chi connectivity index (χ0v) is 13.5. The first-order valence-corrected chi connectivity index (χ1v) is 8.00. The first-order chi connectivity index (χ1) is 10.5. The molecule has 1 fully saturated rings. The molecule has 0 spiro atoms. The fourth-order valence-electron chi connectivity index (χ4n) is 3.12. The van der Waals surface area contributed by atoms with Gasteiger partial charge in [-0.1, -0.05) is 25.7 Å². The molecule has 0 atom stereocenters. The van der Waals surface area contributed by atoms with Crippen molar-refractivity contribution >= 4 is 11.7 Å². The third kappa shape index (κ3) is 4.44. The Kier molecular flexibility index (Phi) is 5.77. The van der Waals surface area contributed by atoms with Crippen molar-refractivity contribution in [3.05, 3.63) is 30.1 Å². The second kappa shape index (κ2) is 7.58. The van der Waals surface area contributed by atoms with Gasteiger partial charge in [0, 0.05) is 17.8 Å². The summed E-state index contributed by atoms with van der Waals surface area (Å²) in [7, 11) is 4.18. The minimum atomic E-state index is -0.309. The maximum atomic E-state index is 12.9. The van der Waals surface area contributed by atoms with Crippen molar-refractivity contribution in [2.24, 2.45) is 0 Å². The topological polar surface area (TPSA) is 44.4 Å². The van der Waals surface area contributed by atoms with Gasteiger partial charge in [0.15, 0.2) is 0 Å². The van der Waals surface area contributed by atoms with Gasteiger partial charge in [-0.2, -0.15) is 0 Å². The molecular formula is C17H26FN3O. The van der Waals surface area contributed by atoms with Crippen LogP contribution in [0.5, 0.6) is 0 Å². The van der Waals surface area contributed by atoms with Crippen LogP contribution in [0.3, 0.4) is 0 Å². The van der Waals surface area contributed by atoms with E-state index in [1.807, 2.05) is 0 Å². The molecular weight excluding hydrogens is 281 g/mol. The number of nitrogens with zero attached hydrogens (tertiary/aromatic N) is 1. The number of likely N-dealkylation sites (N-methyl/N-ethyl adjacent to an activating group) is 1. The van der Waals surface area contributed by atoms with Crippen LogP contribution in [0, 0.1) is 5.82 Å². The molecule has 1 aliphatic rings. The van der Waals surface area contributed by atoms with E-state index < -0.39 is 0 Å². The number of hydrogen-bond acceptors (Lipinski definition) is 2. The lowest BCUT2D eigenvalue weighted by atomic mass is 9.89. The van der Waals surface area contributed by atoms with E-state index in [-0.39, 0.29) is 17.4 Å². The molecule has 22 heavy (non-hydrogen) atoms. The Balaban J connectivity index is 1.91. The standard InChI is InChI=1S/C17H26FN3O/c1-21(2)17(11-5-3-4-6-12-17)13-19-16(22)20-15-9-7-14(18)8-10-15/h7-10H,3-6,11-13H2,1-2H3,(H2,19,20,22). The average molecular weight is 307 g/mol. The van der Waals surface area contributed by atoms with Crippen LogP contribution in [-0.2, 0) is 0 Å². The van der Waals surface area contributed by atoms with Crippen molar-refractivity contribution in [3.63, 3.8) is 0 Å². The molecule has 4 nitrogen and oxygen atoms in total. The Morgan fingerprint density at radius 2 is 1.73 bits per heavy atom. The number of nitrogens with one attached hydrogen (secondary N) is 2. The molecule has 0 radical (unpaired) electrons. The summed E-state index contributed by atoms with van der Waals surface area (Å²) >= 11 is 0. The van der Waals surface area contributed by atoms with Gasteiger partial charge in [0.05, 0.1) is 0 Å². The first kappa shape index (κ1) is 16.7. The van der Waals surface area contributed by atoms with Gasteiger partial charge in [-0.3, -0.25) is 0 Å². The van der Waals surface area contributed by atoms with Crippen LogP contribution in [0.15, 0.2) is 24.3 Å². The number of anilines is 1. The van der Waals surface area contributed by atoms with Crippen molar-refractivity contribution in [3.8, 4) is 0 Å². The van der Waals surface area contributed by atoms with E-state index in [0.29, 0.717) is 12.2 Å². The molecule has 122 valence electrons. The summed E-state index contributed by atoms with van der Waals surface area (Å²) < 4.78 is 12.9. The minimum Gasteiger partial charge on any atom is -0.336 e. The molecule has 2 N–H and O–H groups in total. The highest BCUT2D eigenvalue weighted by atomic mass is 19.1. The van der Waals surface area contributed by atoms with E-state index in [4.69, 9.17) is 0 Å². The van der Waals surface area contributed by atoms with Crippen molar-refractivity contribution < 1.29 is 9.18 Å². The quantitative estimate of drug-likeness (QED) is 0.835. The summed E-state index contributed by atoms with van der Waals surface area (Å²) in [5.41, 5.74) is 0.634. The Hall–Kier alpha value is -1.62. The van der Waals surface area contributed by atoms with Crippen molar-refractivity contribution in [2.75, 3.05) is 26.0 Å². The van der Waals surface area contributed by atoms with Crippen LogP contribution in [0.4, 0.5) is 14.9 Å². The van der Waals surface area contributed by atoms with Crippen molar-refractivity contribution in [2.45, 2.75) is 44.1 Å². The fourth-order valence-corrected chi connectivity index (χ4v) is 3.12. The Morgan fingerprint density at radius 3 is 2.27 bits per heavy atom. The molecule has 0 aliphatic heterocycles. The molecule has 1 saturated carbocycles. The highest BCUT2D eigenvalue weighted by Crippen LogP contribution is 2.30. The number of urea groups is 1. The Labute approximate surface area is 132 Å². The second-order valence-corrected chi connectivity index (χ2v) is 6.35. The summed E-state index contributed by atoms with van der Waals surface area (Å²) in [4.78, 5) is 14.3. The van der Waals surface area contributed by atoms with Gasteiger partial charge in [0.1, 0.15) is 5.82 Å². The molecule has 1 aliphatic carbocycles. The SMILES string of the molecule is CN(C)C1(CNC(=O)Nc2ccc(F)cc2)CCCCCC1. The van der Waals surface area contributed by atoms with Crippen LogP contribution in [0.1, 0.15) is 38.5 Å². The number of amides is 2. The molecule has 0 heterocycles. The second-order valence-electron chi connectivity index (χ2n) is 6.35. The summed E-state index contributed by atoms with van der Waals surface area (Å²) in [6.45, 7) is 0.632. The Morgan fingerprint density at radius 1 is 1.14 bits per heavy atom. The van der Waals surface area contributed by atoms with E-state index in [1.165, 1.54) is 37.8 Å². The first-order valence-electron chi connectivity index (χ1n) is 8.00. The predicted octanol–water partition coefficient (Wildman–Crippen LogP) is 3.60. The van der Waals surface area contributed by atoms with Crippen LogP contribution < -0.4 is 10.6 Å². The molecule has 2 amide bonds. The number of hydrogen-bond donors (Lipinski definition) is 2. The summed E-state index contributed by atoms with van der Waals surface area (Å²) in [5.74, 6) is -0.309. The number of benzene rings is 1. The van der Waals surface area contributed by atoms with E-state index in [0.717, 1.165) is 12.8 Å². The van der Waals surface area contributed by atoms with E-state index in [2.05, 4.69) is 29.6 Å². The summed E-state index contributed by atoms with van der Waals surface area (Å²) in [6.07, 6.45) is 7.18. The smallest absolute Gasteiger partial charge is 0.319 e. The molecule has 0 aromatic heterocycles. The van der Waals surface area contributed by atoms with Gasteiger partial charge in [0.2, 0.25) is 0 Å². The zero-order valence-electron chi connectivity index (χ0n) is 13.5. The lowest BCUT2D eigenvalue weighted by Gasteiger charge is -2.39. The third-order valence-corrected chi connectivity index (χ3v) is 4.66.